The lowest BCUT2D eigenvalue weighted by molar-refractivity contribution is -0.389. The molecular weight excluding hydrogens is 247 g/mol. The molecule has 0 radical (unpaired) electrons. The van der Waals surface area contributed by atoms with Gasteiger partial charge >= 0.3 is 5.82 Å². The first-order valence-electron chi connectivity index (χ1n) is 4.63. The Kier molecular flexibility index (Phi) is 2.72. The Hall–Kier alpha value is -2.84. The Morgan fingerprint density at radius 2 is 1.89 bits per heavy atom. The number of hydrogen-bond donors (Lipinski definition) is 0. The van der Waals surface area contributed by atoms with Crippen molar-refractivity contribution >= 4 is 11.5 Å². The van der Waals surface area contributed by atoms with Crippen molar-refractivity contribution in [3.05, 3.63) is 56.5 Å². The van der Waals surface area contributed by atoms with E-state index in [1.807, 2.05) is 0 Å². The minimum atomic E-state index is -0.786. The molecule has 0 aliphatic carbocycles. The molecule has 0 saturated carbocycles. The van der Waals surface area contributed by atoms with Crippen LogP contribution in [0.3, 0.4) is 0 Å². The first kappa shape index (κ1) is 11.6. The zero-order chi connectivity index (χ0) is 13.3. The Morgan fingerprint density at radius 3 is 2.44 bits per heavy atom. The highest BCUT2D eigenvalue weighted by atomic mass is 19.1. The fourth-order valence-electron chi connectivity index (χ4n) is 1.38. The van der Waals surface area contributed by atoms with Gasteiger partial charge in [0.2, 0.25) is 0 Å². The van der Waals surface area contributed by atoms with Crippen molar-refractivity contribution in [2.75, 3.05) is 0 Å². The van der Waals surface area contributed by atoms with Gasteiger partial charge in [0.05, 0.1) is 28.4 Å². The molecule has 1 heterocycles. The maximum absolute atomic E-state index is 12.9. The van der Waals surface area contributed by atoms with Crippen LogP contribution < -0.4 is 0 Å². The molecule has 8 nitrogen and oxygen atoms in total. The smallest absolute Gasteiger partial charge is 0.358 e. The van der Waals surface area contributed by atoms with Crippen molar-refractivity contribution in [2.45, 2.75) is 0 Å². The average Bonchev–Trinajstić information content (AvgIpc) is 2.78. The second-order valence-electron chi connectivity index (χ2n) is 3.27. The van der Waals surface area contributed by atoms with Crippen molar-refractivity contribution < 1.29 is 14.2 Å². The number of benzene rings is 1. The Labute approximate surface area is 98.6 Å². The lowest BCUT2D eigenvalue weighted by Gasteiger charge is -1.99. The summed E-state index contributed by atoms with van der Waals surface area (Å²) in [7, 11) is 0. The summed E-state index contributed by atoms with van der Waals surface area (Å²) in [5.74, 6) is -1.22. The highest BCUT2D eigenvalue weighted by Gasteiger charge is 2.21. The van der Waals surface area contributed by atoms with Gasteiger partial charge in [0, 0.05) is 0 Å². The molecule has 92 valence electrons. The second kappa shape index (κ2) is 4.20. The zero-order valence-electron chi connectivity index (χ0n) is 8.69. The van der Waals surface area contributed by atoms with Crippen molar-refractivity contribution in [1.29, 1.82) is 0 Å². The number of nitrogens with zero attached hydrogens (tertiary/aromatic N) is 4. The third kappa shape index (κ3) is 2.00. The number of nitro groups is 2. The van der Waals surface area contributed by atoms with Crippen LogP contribution in [0.1, 0.15) is 0 Å². The predicted octanol–water partition coefficient (Wildman–Crippen LogP) is 1.83. The molecule has 0 aliphatic heterocycles. The topological polar surface area (TPSA) is 104 Å². The van der Waals surface area contributed by atoms with Crippen LogP contribution in [0.25, 0.3) is 5.69 Å². The van der Waals surface area contributed by atoms with Crippen LogP contribution in [-0.4, -0.2) is 19.6 Å². The van der Waals surface area contributed by atoms with Gasteiger partial charge < -0.3 is 10.1 Å². The molecule has 2 aromatic rings. The molecule has 0 saturated heterocycles. The maximum atomic E-state index is 12.9. The normalized spacial score (nSPS) is 10.3. The van der Waals surface area contributed by atoms with Gasteiger partial charge in [-0.25, -0.2) is 4.39 Å². The van der Waals surface area contributed by atoms with Gasteiger partial charge in [0.15, 0.2) is 5.69 Å². The molecule has 0 N–H and O–H groups in total. The Morgan fingerprint density at radius 1 is 1.17 bits per heavy atom. The number of rotatable bonds is 3. The van der Waals surface area contributed by atoms with E-state index in [1.165, 1.54) is 6.20 Å². The van der Waals surface area contributed by atoms with Crippen LogP contribution in [0.5, 0.6) is 0 Å². The molecular formula is C9H5FN4O4. The highest BCUT2D eigenvalue weighted by molar-refractivity contribution is 5.52. The molecule has 2 rings (SSSR count). The highest BCUT2D eigenvalue weighted by Crippen LogP contribution is 2.24. The summed E-state index contributed by atoms with van der Waals surface area (Å²) in [6.07, 6.45) is 1.19. The molecule has 0 unspecified atom stereocenters. The van der Waals surface area contributed by atoms with Crippen LogP contribution in [0.2, 0.25) is 0 Å². The van der Waals surface area contributed by atoms with Gasteiger partial charge in [-0.05, 0) is 17.1 Å². The summed E-state index contributed by atoms with van der Waals surface area (Å²) in [6, 6.07) is 3.95. The van der Waals surface area contributed by atoms with E-state index in [9.17, 15) is 24.6 Å². The first-order chi connectivity index (χ1) is 8.49. The summed E-state index contributed by atoms with van der Waals surface area (Å²) < 4.78 is 13.9. The first-order valence-corrected chi connectivity index (χ1v) is 4.63. The Balaban J connectivity index is 2.55. The van der Waals surface area contributed by atoms with Gasteiger partial charge in [-0.3, -0.25) is 10.1 Å². The molecule has 0 fully saturated rings. The van der Waals surface area contributed by atoms with Crippen LogP contribution in [0, 0.1) is 26.0 Å². The van der Waals surface area contributed by atoms with E-state index >= 15 is 0 Å². The lowest BCUT2D eigenvalue weighted by atomic mass is 10.2. The van der Waals surface area contributed by atoms with Crippen LogP contribution in [0.4, 0.5) is 15.9 Å². The largest absolute Gasteiger partial charge is 0.390 e. The SMILES string of the molecule is O=[N+]([O-])c1ccn(-c2ccc(F)cc2[N+](=O)[O-])n1. The monoisotopic (exact) mass is 252 g/mol. The molecule has 0 amide bonds. The van der Waals surface area contributed by atoms with Crippen molar-refractivity contribution in [1.82, 2.24) is 9.78 Å². The Bertz CT molecular complexity index is 639. The van der Waals surface area contributed by atoms with Crippen LogP contribution >= 0.6 is 0 Å². The van der Waals surface area contributed by atoms with E-state index in [-0.39, 0.29) is 5.69 Å². The van der Waals surface area contributed by atoms with E-state index < -0.39 is 27.2 Å². The number of halogens is 1. The van der Waals surface area contributed by atoms with E-state index in [0.717, 1.165) is 28.9 Å². The molecule has 1 aromatic heterocycles. The third-order valence-corrected chi connectivity index (χ3v) is 2.14. The van der Waals surface area contributed by atoms with Gasteiger partial charge in [-0.1, -0.05) is 0 Å². The van der Waals surface area contributed by atoms with Gasteiger partial charge in [0.25, 0.3) is 5.69 Å². The zero-order valence-corrected chi connectivity index (χ0v) is 8.69. The molecule has 0 spiro atoms. The minimum Gasteiger partial charge on any atom is -0.358 e. The van der Waals surface area contributed by atoms with Gasteiger partial charge in [-0.15, -0.1) is 4.68 Å². The third-order valence-electron chi connectivity index (χ3n) is 2.14. The van der Waals surface area contributed by atoms with Crippen molar-refractivity contribution in [2.24, 2.45) is 0 Å². The fraction of sp³-hybridized carbons (Fsp3) is 0. The number of aromatic nitrogens is 2. The van der Waals surface area contributed by atoms with E-state index in [1.54, 1.807) is 0 Å². The predicted molar refractivity (Wildman–Crippen MR) is 56.8 cm³/mol. The summed E-state index contributed by atoms with van der Waals surface area (Å²) in [5.41, 5.74) is -0.567. The maximum Gasteiger partial charge on any atom is 0.390 e. The molecule has 9 heteroatoms. The lowest BCUT2D eigenvalue weighted by Crippen LogP contribution is -2.02. The quantitative estimate of drug-likeness (QED) is 0.612. The molecule has 1 aromatic carbocycles. The van der Waals surface area contributed by atoms with Crippen LogP contribution in [0.15, 0.2) is 30.5 Å². The molecule has 0 atom stereocenters. The minimum absolute atomic E-state index is 0.0468. The number of hydrogen-bond acceptors (Lipinski definition) is 5. The average molecular weight is 252 g/mol. The van der Waals surface area contributed by atoms with E-state index in [2.05, 4.69) is 5.10 Å². The number of nitro benzene ring substituents is 1. The second-order valence-corrected chi connectivity index (χ2v) is 3.27. The van der Waals surface area contributed by atoms with Gasteiger partial charge in [-0.2, -0.15) is 0 Å². The van der Waals surface area contributed by atoms with Crippen molar-refractivity contribution in [3.63, 3.8) is 0 Å². The van der Waals surface area contributed by atoms with Crippen molar-refractivity contribution in [3.8, 4) is 5.69 Å². The summed E-state index contributed by atoms with van der Waals surface area (Å²) in [4.78, 5) is 19.7. The molecule has 0 bridgehead atoms. The fourth-order valence-corrected chi connectivity index (χ4v) is 1.38. The standard InChI is InChI=1S/C9H5FN4O4/c10-6-1-2-7(8(5-6)13(15)16)12-4-3-9(11-12)14(17)18/h1-5H. The van der Waals surface area contributed by atoms with Crippen LogP contribution in [-0.2, 0) is 0 Å². The summed E-state index contributed by atoms with van der Waals surface area (Å²) in [5, 5.41) is 24.7. The summed E-state index contributed by atoms with van der Waals surface area (Å²) in [6.45, 7) is 0. The summed E-state index contributed by atoms with van der Waals surface area (Å²) >= 11 is 0. The molecule has 0 aliphatic rings. The van der Waals surface area contributed by atoms with E-state index in [4.69, 9.17) is 0 Å². The van der Waals surface area contributed by atoms with E-state index in [0.29, 0.717) is 0 Å². The molecule has 18 heavy (non-hydrogen) atoms. The van der Waals surface area contributed by atoms with Gasteiger partial charge in [0.1, 0.15) is 5.82 Å².